The number of carbonyl (C=O) groups is 4. The van der Waals surface area contributed by atoms with E-state index in [4.69, 9.17) is 4.74 Å². The lowest BCUT2D eigenvalue weighted by atomic mass is 9.85. The van der Waals surface area contributed by atoms with Crippen molar-refractivity contribution in [1.82, 2.24) is 4.90 Å². The molecule has 1 heterocycles. The number of allylic oxidation sites excluding steroid dienone is 2. The first-order chi connectivity index (χ1) is 16.0. The van der Waals surface area contributed by atoms with Gasteiger partial charge in [-0.25, -0.2) is 4.79 Å². The number of hydrogen-bond acceptors (Lipinski definition) is 5. The Hall–Kier alpha value is -3.74. The van der Waals surface area contributed by atoms with Gasteiger partial charge in [0.25, 0.3) is 0 Å². The predicted molar refractivity (Wildman–Crippen MR) is 120 cm³/mol. The van der Waals surface area contributed by atoms with Crippen molar-refractivity contribution in [3.05, 3.63) is 77.9 Å². The van der Waals surface area contributed by atoms with Crippen molar-refractivity contribution in [1.29, 1.82) is 0 Å². The van der Waals surface area contributed by atoms with Crippen molar-refractivity contribution < 1.29 is 23.9 Å². The van der Waals surface area contributed by atoms with Crippen LogP contribution >= 0.6 is 0 Å². The summed E-state index contributed by atoms with van der Waals surface area (Å²) in [6, 6.07) is 14.7. The number of esters is 1. The molecule has 2 aromatic rings. The van der Waals surface area contributed by atoms with Gasteiger partial charge in [-0.1, -0.05) is 42.5 Å². The van der Waals surface area contributed by atoms with Gasteiger partial charge in [0.1, 0.15) is 6.04 Å². The Morgan fingerprint density at radius 2 is 1.58 bits per heavy atom. The molecule has 0 unspecified atom stereocenters. The van der Waals surface area contributed by atoms with E-state index in [-0.39, 0.29) is 41.9 Å². The highest BCUT2D eigenvalue weighted by Gasteiger charge is 2.61. The van der Waals surface area contributed by atoms with Crippen molar-refractivity contribution >= 4 is 29.4 Å². The maximum atomic E-state index is 13.4. The maximum absolute atomic E-state index is 13.4. The summed E-state index contributed by atoms with van der Waals surface area (Å²) in [4.78, 5) is 53.0. The highest BCUT2D eigenvalue weighted by atomic mass is 16.5. The zero-order valence-electron chi connectivity index (χ0n) is 18.1. The molecule has 2 aromatic carbocycles. The van der Waals surface area contributed by atoms with E-state index in [1.807, 2.05) is 42.5 Å². The summed E-state index contributed by atoms with van der Waals surface area (Å²) in [7, 11) is 1.30. The van der Waals surface area contributed by atoms with Crippen LogP contribution in [0.3, 0.4) is 0 Å². The standard InChI is InChI=1S/C26H24N2O5/c1-33-26(32)16-9-11-19(12-10-16)27-23(29)20(13-15-5-3-2-4-6-15)28-24(30)21-17-7-8-18(14-17)22(21)25(28)31/h2-12,17-18,20-22H,13-14H2,1H3,(H,27,29)/t17-,18-,20-,21-,22+/m0/s1. The molecule has 1 saturated heterocycles. The lowest BCUT2D eigenvalue weighted by molar-refractivity contribution is -0.147. The van der Waals surface area contributed by atoms with E-state index in [2.05, 4.69) is 5.32 Å². The van der Waals surface area contributed by atoms with E-state index in [0.717, 1.165) is 12.0 Å². The van der Waals surface area contributed by atoms with Crippen molar-refractivity contribution in [3.63, 3.8) is 0 Å². The third kappa shape index (κ3) is 3.63. The summed E-state index contributed by atoms with van der Waals surface area (Å²) in [6.45, 7) is 0. The van der Waals surface area contributed by atoms with Gasteiger partial charge in [-0.2, -0.15) is 0 Å². The molecule has 1 aliphatic heterocycles. The number of methoxy groups -OCH3 is 1. The SMILES string of the molecule is COC(=O)c1ccc(NC(=O)[C@H](Cc2ccccc2)N2C(=O)[C@@H]3[C@H](C2=O)[C@H]2C=C[C@H]3C2)cc1. The number of nitrogens with zero attached hydrogens (tertiary/aromatic N) is 1. The Morgan fingerprint density at radius 1 is 0.970 bits per heavy atom. The number of likely N-dealkylation sites (tertiary alicyclic amines) is 1. The number of ether oxygens (including phenoxy) is 1. The van der Waals surface area contributed by atoms with Gasteiger partial charge in [0.05, 0.1) is 24.5 Å². The molecule has 168 valence electrons. The number of rotatable bonds is 6. The van der Waals surface area contributed by atoms with E-state index in [1.54, 1.807) is 24.3 Å². The molecule has 2 bridgehead atoms. The predicted octanol–water partition coefficient (Wildman–Crippen LogP) is 2.83. The fourth-order valence-electron chi connectivity index (χ4n) is 5.40. The second-order valence-corrected chi connectivity index (χ2v) is 8.81. The highest BCUT2D eigenvalue weighted by molar-refractivity contribution is 6.11. The van der Waals surface area contributed by atoms with Crippen LogP contribution in [0.2, 0.25) is 0 Å². The highest BCUT2D eigenvalue weighted by Crippen LogP contribution is 2.53. The molecule has 5 atom stereocenters. The van der Waals surface area contributed by atoms with E-state index in [1.165, 1.54) is 12.0 Å². The number of imide groups is 1. The summed E-state index contributed by atoms with van der Waals surface area (Å²) in [5.74, 6) is -1.99. The molecule has 2 fully saturated rings. The molecule has 33 heavy (non-hydrogen) atoms. The van der Waals surface area contributed by atoms with E-state index in [9.17, 15) is 19.2 Å². The summed E-state index contributed by atoms with van der Waals surface area (Å²) < 4.78 is 4.70. The van der Waals surface area contributed by atoms with Crippen LogP contribution in [0.15, 0.2) is 66.7 Å². The normalized spacial score (nSPS) is 25.8. The number of carbonyl (C=O) groups excluding carboxylic acids is 4. The number of anilines is 1. The Bertz CT molecular complexity index is 1110. The number of fused-ring (bicyclic) bond motifs is 5. The average molecular weight is 444 g/mol. The maximum Gasteiger partial charge on any atom is 0.337 e. The minimum atomic E-state index is -0.960. The topological polar surface area (TPSA) is 92.8 Å². The molecular weight excluding hydrogens is 420 g/mol. The van der Waals surface area contributed by atoms with Crippen LogP contribution in [0.5, 0.6) is 0 Å². The van der Waals surface area contributed by atoms with Crippen molar-refractivity contribution in [2.24, 2.45) is 23.7 Å². The van der Waals surface area contributed by atoms with Gasteiger partial charge in [-0.15, -0.1) is 0 Å². The van der Waals surface area contributed by atoms with Crippen LogP contribution in [0.4, 0.5) is 5.69 Å². The molecule has 0 spiro atoms. The molecule has 5 rings (SSSR count). The third-order valence-corrected chi connectivity index (χ3v) is 6.96. The van der Waals surface area contributed by atoms with Gasteiger partial charge in [-0.3, -0.25) is 19.3 Å². The fraction of sp³-hybridized carbons (Fsp3) is 0.308. The molecule has 1 N–H and O–H groups in total. The van der Waals surface area contributed by atoms with Crippen molar-refractivity contribution in [2.45, 2.75) is 18.9 Å². The molecule has 3 amide bonds. The number of nitrogens with one attached hydrogen (secondary N) is 1. The van der Waals surface area contributed by atoms with Gasteiger partial charge < -0.3 is 10.1 Å². The first-order valence-electron chi connectivity index (χ1n) is 11.1. The minimum absolute atomic E-state index is 0.0766. The van der Waals surface area contributed by atoms with Gasteiger partial charge in [0.15, 0.2) is 0 Å². The fourth-order valence-corrected chi connectivity index (χ4v) is 5.40. The smallest absolute Gasteiger partial charge is 0.337 e. The van der Waals surface area contributed by atoms with Crippen LogP contribution in [0.25, 0.3) is 0 Å². The third-order valence-electron chi connectivity index (χ3n) is 6.96. The lowest BCUT2D eigenvalue weighted by Gasteiger charge is -2.27. The van der Waals surface area contributed by atoms with E-state index in [0.29, 0.717) is 11.3 Å². The first-order valence-corrected chi connectivity index (χ1v) is 11.1. The second kappa shape index (κ2) is 8.31. The van der Waals surface area contributed by atoms with Gasteiger partial charge in [0, 0.05) is 12.1 Å². The van der Waals surface area contributed by atoms with Crippen LogP contribution in [-0.2, 0) is 25.5 Å². The Balaban J connectivity index is 1.41. The number of hydrogen-bond donors (Lipinski definition) is 1. The molecule has 2 aliphatic carbocycles. The minimum Gasteiger partial charge on any atom is -0.465 e. The summed E-state index contributed by atoms with van der Waals surface area (Å²) in [6.07, 6.45) is 5.14. The molecule has 7 nitrogen and oxygen atoms in total. The zero-order chi connectivity index (χ0) is 23.1. The van der Waals surface area contributed by atoms with E-state index >= 15 is 0 Å². The van der Waals surface area contributed by atoms with Crippen molar-refractivity contribution in [3.8, 4) is 0 Å². The van der Waals surface area contributed by atoms with Gasteiger partial charge in [-0.05, 0) is 48.1 Å². The summed E-state index contributed by atoms with van der Waals surface area (Å²) in [5.41, 5.74) is 1.68. The molecule has 3 aliphatic rings. The summed E-state index contributed by atoms with van der Waals surface area (Å²) >= 11 is 0. The molecule has 0 radical (unpaired) electrons. The average Bonchev–Trinajstić information content (AvgIpc) is 3.52. The van der Waals surface area contributed by atoms with Crippen LogP contribution in [0.1, 0.15) is 22.3 Å². The second-order valence-electron chi connectivity index (χ2n) is 8.81. The van der Waals surface area contributed by atoms with Gasteiger partial charge >= 0.3 is 5.97 Å². The molecule has 0 aromatic heterocycles. The van der Waals surface area contributed by atoms with Gasteiger partial charge in [0.2, 0.25) is 17.7 Å². The monoisotopic (exact) mass is 444 g/mol. The summed E-state index contributed by atoms with van der Waals surface area (Å²) in [5, 5.41) is 2.82. The Morgan fingerprint density at radius 3 is 2.15 bits per heavy atom. The Labute approximate surface area is 191 Å². The Kier molecular flexibility index (Phi) is 5.32. The lowest BCUT2D eigenvalue weighted by Crippen LogP contribution is -2.49. The largest absolute Gasteiger partial charge is 0.465 e. The number of amides is 3. The van der Waals surface area contributed by atoms with Crippen LogP contribution in [0, 0.1) is 23.7 Å². The first kappa shape index (κ1) is 21.1. The molecule has 1 saturated carbocycles. The zero-order valence-corrected chi connectivity index (χ0v) is 18.1. The number of benzene rings is 2. The van der Waals surface area contributed by atoms with Crippen molar-refractivity contribution in [2.75, 3.05) is 12.4 Å². The molecular formula is C26H24N2O5. The quantitative estimate of drug-likeness (QED) is 0.420. The van der Waals surface area contributed by atoms with E-state index < -0.39 is 17.9 Å². The van der Waals surface area contributed by atoms with Crippen LogP contribution in [-0.4, -0.2) is 41.7 Å². The van der Waals surface area contributed by atoms with Crippen LogP contribution < -0.4 is 5.32 Å². The molecule has 7 heteroatoms.